The van der Waals surface area contributed by atoms with E-state index in [4.69, 9.17) is 4.74 Å². The minimum Gasteiger partial charge on any atom is -0.410 e. The number of ether oxygens (including phenoxy) is 1. The highest BCUT2D eigenvalue weighted by Gasteiger charge is 2.21. The van der Waals surface area contributed by atoms with E-state index in [2.05, 4.69) is 16.3 Å². The molecule has 0 unspecified atom stereocenters. The molecule has 0 radical (unpaired) electrons. The molecule has 1 aromatic rings. The smallest absolute Gasteiger partial charge is 0.410 e. The van der Waals surface area contributed by atoms with Crippen LogP contribution in [0.3, 0.4) is 0 Å². The molecule has 1 saturated heterocycles. The number of amides is 2. The summed E-state index contributed by atoms with van der Waals surface area (Å²) in [5, 5.41) is 2.88. The molecule has 0 aromatic heterocycles. The van der Waals surface area contributed by atoms with E-state index in [1.165, 1.54) is 0 Å². The van der Waals surface area contributed by atoms with Crippen LogP contribution in [0.1, 0.15) is 30.1 Å². The standard InChI is InChI=1S/C25H28N4O4/c1-18(30)20-4-3-5-22-9-8-21(17-29(22)16-20)26-24(31)19-6-10-23(11-7-19)33-25(32)28-14-12-27(2)13-15-28/h5-11,16-17H,3-4,12-15H2,1-2H3,(H,26,31). The fourth-order valence-corrected chi connectivity index (χ4v) is 3.79. The second-order valence-electron chi connectivity index (χ2n) is 8.34. The Labute approximate surface area is 193 Å². The van der Waals surface area contributed by atoms with Crippen molar-refractivity contribution in [2.75, 3.05) is 33.2 Å². The van der Waals surface area contributed by atoms with Crippen molar-refractivity contribution in [2.45, 2.75) is 19.8 Å². The number of benzene rings is 1. The van der Waals surface area contributed by atoms with Gasteiger partial charge in [0.15, 0.2) is 5.78 Å². The quantitative estimate of drug-likeness (QED) is 0.763. The molecule has 0 spiro atoms. The lowest BCUT2D eigenvalue weighted by Gasteiger charge is -2.31. The largest absolute Gasteiger partial charge is 0.415 e. The third-order valence-corrected chi connectivity index (χ3v) is 5.87. The van der Waals surface area contributed by atoms with Crippen LogP contribution in [0.5, 0.6) is 5.75 Å². The molecule has 1 aromatic carbocycles. The van der Waals surface area contributed by atoms with Gasteiger partial charge in [-0.1, -0.05) is 6.08 Å². The van der Waals surface area contributed by atoms with Gasteiger partial charge in [-0.05, 0) is 63.2 Å². The SMILES string of the molecule is CC(=O)C1=CN2C=C(NC(=O)c3ccc(OC(=O)N4CCN(C)CC4)cc3)C=CC2=CCC1. The molecule has 3 heterocycles. The van der Waals surface area contributed by atoms with Gasteiger partial charge in [0.1, 0.15) is 5.75 Å². The van der Waals surface area contributed by atoms with E-state index < -0.39 is 0 Å². The molecule has 0 saturated carbocycles. The molecule has 0 atom stereocenters. The van der Waals surface area contributed by atoms with Gasteiger partial charge in [0, 0.05) is 55.4 Å². The number of likely N-dealkylation sites (N-methyl/N-ethyl adjacent to an activating group) is 1. The number of hydrogen-bond donors (Lipinski definition) is 1. The molecule has 8 nitrogen and oxygen atoms in total. The predicted molar refractivity (Wildman–Crippen MR) is 124 cm³/mol. The molecule has 33 heavy (non-hydrogen) atoms. The lowest BCUT2D eigenvalue weighted by Crippen LogP contribution is -2.48. The van der Waals surface area contributed by atoms with Gasteiger partial charge in [0.25, 0.3) is 5.91 Å². The molecule has 3 aliphatic rings. The number of hydrogen-bond acceptors (Lipinski definition) is 6. The van der Waals surface area contributed by atoms with Crippen molar-refractivity contribution >= 4 is 17.8 Å². The third-order valence-electron chi connectivity index (χ3n) is 5.87. The molecule has 0 aliphatic carbocycles. The maximum Gasteiger partial charge on any atom is 0.415 e. The van der Waals surface area contributed by atoms with Gasteiger partial charge in [-0.3, -0.25) is 9.59 Å². The van der Waals surface area contributed by atoms with Crippen LogP contribution in [0.2, 0.25) is 0 Å². The topological polar surface area (TPSA) is 82.2 Å². The van der Waals surface area contributed by atoms with E-state index in [1.54, 1.807) is 42.3 Å². The maximum absolute atomic E-state index is 12.7. The van der Waals surface area contributed by atoms with Crippen molar-refractivity contribution < 1.29 is 19.1 Å². The zero-order chi connectivity index (χ0) is 23.4. The van der Waals surface area contributed by atoms with Crippen LogP contribution >= 0.6 is 0 Å². The van der Waals surface area contributed by atoms with Crippen LogP contribution in [-0.4, -0.2) is 65.7 Å². The summed E-state index contributed by atoms with van der Waals surface area (Å²) in [5.41, 5.74) is 2.78. The van der Waals surface area contributed by atoms with Gasteiger partial charge < -0.3 is 24.8 Å². The second-order valence-corrected chi connectivity index (χ2v) is 8.34. The van der Waals surface area contributed by atoms with E-state index in [9.17, 15) is 14.4 Å². The Kier molecular flexibility index (Phi) is 6.74. The Balaban J connectivity index is 1.37. The molecular weight excluding hydrogens is 420 g/mol. The first-order chi connectivity index (χ1) is 15.9. The van der Waals surface area contributed by atoms with E-state index in [0.717, 1.165) is 30.8 Å². The van der Waals surface area contributed by atoms with E-state index in [0.29, 0.717) is 36.5 Å². The number of carbonyl (C=O) groups is 3. The van der Waals surface area contributed by atoms with Crippen LogP contribution in [-0.2, 0) is 4.79 Å². The number of rotatable bonds is 4. The van der Waals surface area contributed by atoms with Crippen LogP contribution in [0, 0.1) is 0 Å². The first-order valence-corrected chi connectivity index (χ1v) is 11.1. The van der Waals surface area contributed by atoms with Gasteiger partial charge >= 0.3 is 6.09 Å². The van der Waals surface area contributed by atoms with Crippen molar-refractivity contribution in [1.82, 2.24) is 20.0 Å². The van der Waals surface area contributed by atoms with Gasteiger partial charge in [0.2, 0.25) is 0 Å². The molecule has 0 bridgehead atoms. The number of ketones is 1. The molecular formula is C25H28N4O4. The van der Waals surface area contributed by atoms with E-state index in [-0.39, 0.29) is 17.8 Å². The normalized spacial score (nSPS) is 18.4. The number of carbonyl (C=O) groups excluding carboxylic acids is 3. The van der Waals surface area contributed by atoms with Gasteiger partial charge in [-0.15, -0.1) is 0 Å². The van der Waals surface area contributed by atoms with Gasteiger partial charge in [-0.25, -0.2) is 4.79 Å². The summed E-state index contributed by atoms with van der Waals surface area (Å²) in [5.74, 6) is 0.168. The Morgan fingerprint density at radius 1 is 0.970 bits per heavy atom. The summed E-state index contributed by atoms with van der Waals surface area (Å²) >= 11 is 0. The summed E-state index contributed by atoms with van der Waals surface area (Å²) in [7, 11) is 2.02. The fourth-order valence-electron chi connectivity index (χ4n) is 3.79. The highest BCUT2D eigenvalue weighted by Crippen LogP contribution is 2.24. The summed E-state index contributed by atoms with van der Waals surface area (Å²) in [4.78, 5) is 42.5. The lowest BCUT2D eigenvalue weighted by atomic mass is 10.1. The molecule has 1 fully saturated rings. The fraction of sp³-hybridized carbons (Fsp3) is 0.320. The summed E-state index contributed by atoms with van der Waals surface area (Å²) in [6.07, 6.45) is 10.5. The zero-order valence-corrected chi connectivity index (χ0v) is 18.9. The van der Waals surface area contributed by atoms with E-state index >= 15 is 0 Å². The second kappa shape index (κ2) is 9.87. The number of nitrogens with zero attached hydrogens (tertiary/aromatic N) is 3. The molecule has 2 amide bonds. The highest BCUT2D eigenvalue weighted by atomic mass is 16.6. The van der Waals surface area contributed by atoms with Crippen molar-refractivity contribution in [1.29, 1.82) is 0 Å². The summed E-state index contributed by atoms with van der Waals surface area (Å²) < 4.78 is 5.44. The van der Waals surface area contributed by atoms with Crippen molar-refractivity contribution in [2.24, 2.45) is 0 Å². The maximum atomic E-state index is 12.7. The van der Waals surface area contributed by atoms with Crippen LogP contribution in [0.25, 0.3) is 0 Å². The minimum absolute atomic E-state index is 0.0478. The number of fused-ring (bicyclic) bond motifs is 1. The molecule has 4 rings (SSSR count). The molecule has 8 heteroatoms. The van der Waals surface area contributed by atoms with Crippen molar-refractivity contribution in [3.63, 3.8) is 0 Å². The first kappa shape index (κ1) is 22.5. The Hall–Kier alpha value is -3.65. The average Bonchev–Trinajstić information content (AvgIpc) is 3.02. The minimum atomic E-state index is -0.378. The third kappa shape index (κ3) is 5.59. The number of allylic oxidation sites excluding steroid dienone is 4. The molecule has 1 N–H and O–H groups in total. The monoisotopic (exact) mass is 448 g/mol. The summed E-state index contributed by atoms with van der Waals surface area (Å²) in [6.45, 7) is 4.47. The number of nitrogens with one attached hydrogen (secondary N) is 1. The Bertz CT molecular complexity index is 1060. The van der Waals surface area contributed by atoms with E-state index in [1.807, 2.05) is 30.3 Å². The van der Waals surface area contributed by atoms with Crippen LogP contribution in [0.15, 0.2) is 71.9 Å². The van der Waals surface area contributed by atoms with Crippen LogP contribution in [0.4, 0.5) is 4.79 Å². The highest BCUT2D eigenvalue weighted by molar-refractivity contribution is 5.96. The lowest BCUT2D eigenvalue weighted by molar-refractivity contribution is -0.113. The first-order valence-electron chi connectivity index (χ1n) is 11.1. The number of piperazine rings is 1. The molecule has 172 valence electrons. The van der Waals surface area contributed by atoms with Crippen LogP contribution < -0.4 is 10.1 Å². The Morgan fingerprint density at radius 2 is 1.70 bits per heavy atom. The Morgan fingerprint density at radius 3 is 2.39 bits per heavy atom. The predicted octanol–water partition coefficient (Wildman–Crippen LogP) is 3.03. The summed E-state index contributed by atoms with van der Waals surface area (Å²) in [6, 6.07) is 6.48. The van der Waals surface area contributed by atoms with Crippen molar-refractivity contribution in [3.8, 4) is 5.75 Å². The van der Waals surface area contributed by atoms with Gasteiger partial charge in [-0.2, -0.15) is 0 Å². The average molecular weight is 449 g/mol. The van der Waals surface area contributed by atoms with Crippen molar-refractivity contribution in [3.05, 3.63) is 77.4 Å². The zero-order valence-electron chi connectivity index (χ0n) is 18.9. The van der Waals surface area contributed by atoms with Gasteiger partial charge in [0.05, 0.1) is 5.70 Å². The molecule has 3 aliphatic heterocycles. The number of Topliss-reactive ketones (excluding diaryl/α,β-unsaturated/α-hetero) is 1.